The Morgan fingerprint density at radius 3 is 2.45 bits per heavy atom. The minimum atomic E-state index is -1.32. The van der Waals surface area contributed by atoms with E-state index in [1.165, 1.54) is 11.3 Å². The summed E-state index contributed by atoms with van der Waals surface area (Å²) in [5.41, 5.74) is 4.03. The van der Waals surface area contributed by atoms with Crippen molar-refractivity contribution < 1.29 is 24.2 Å². The molecule has 0 unspecified atom stereocenters. The van der Waals surface area contributed by atoms with Crippen LogP contribution in [0, 0.1) is 20.8 Å². The topological polar surface area (TPSA) is 101 Å². The molecule has 0 aliphatic carbocycles. The van der Waals surface area contributed by atoms with Crippen LogP contribution in [-0.2, 0) is 11.3 Å². The fourth-order valence-electron chi connectivity index (χ4n) is 3.24. The molecule has 0 spiro atoms. The molecule has 2 aromatic carbocycles. The molecule has 1 heterocycles. The molecule has 3 rings (SSSR count). The molecule has 0 saturated carbocycles. The number of rotatable bonds is 9. The van der Waals surface area contributed by atoms with Crippen molar-refractivity contribution in [1.29, 1.82) is 0 Å². The Labute approximate surface area is 196 Å². The van der Waals surface area contributed by atoms with Gasteiger partial charge in [-0.25, -0.2) is 9.78 Å². The van der Waals surface area contributed by atoms with Gasteiger partial charge in [0.1, 0.15) is 12.4 Å². The highest BCUT2D eigenvalue weighted by Crippen LogP contribution is 2.25. The van der Waals surface area contributed by atoms with Gasteiger partial charge in [-0.05, 0) is 56.2 Å². The second-order valence-corrected chi connectivity index (χ2v) is 8.70. The van der Waals surface area contributed by atoms with Crippen LogP contribution < -0.4 is 15.0 Å². The smallest absolute Gasteiger partial charge is 0.497 e. The Balaban J connectivity index is 1.84. The van der Waals surface area contributed by atoms with E-state index < -0.39 is 6.16 Å². The molecule has 0 atom stereocenters. The first kappa shape index (κ1) is 24.1. The van der Waals surface area contributed by atoms with Gasteiger partial charge in [-0.15, -0.1) is 11.3 Å². The second kappa shape index (κ2) is 10.8. The standard InChI is InChI=1S/C24H27N3O5S/c1-15-5-8-19(13-21(15)22(28)26-23-25-16(2)17(3)33-23)27(11-12-32-24(29)30)14-18-6-9-20(31-4)10-7-18/h5-10,13H,11-12,14H2,1-4H3,(H,29,30)(H,25,26,28). The number of thiazole rings is 1. The first-order valence-electron chi connectivity index (χ1n) is 10.4. The summed E-state index contributed by atoms with van der Waals surface area (Å²) < 4.78 is 9.95. The van der Waals surface area contributed by atoms with Crippen LogP contribution in [0.3, 0.4) is 0 Å². The SMILES string of the molecule is COc1ccc(CN(CCOC(=O)O)c2ccc(C)c(C(=O)Nc3nc(C)c(C)s3)c2)cc1. The van der Waals surface area contributed by atoms with Gasteiger partial charge in [0.15, 0.2) is 5.13 Å². The van der Waals surface area contributed by atoms with Crippen LogP contribution in [0.2, 0.25) is 0 Å². The zero-order valence-electron chi connectivity index (χ0n) is 19.0. The van der Waals surface area contributed by atoms with Gasteiger partial charge >= 0.3 is 6.16 Å². The molecule has 0 saturated heterocycles. The molecule has 174 valence electrons. The highest BCUT2D eigenvalue weighted by atomic mass is 32.1. The third kappa shape index (κ3) is 6.45. The van der Waals surface area contributed by atoms with Crippen molar-refractivity contribution in [2.45, 2.75) is 27.3 Å². The van der Waals surface area contributed by atoms with Crippen LogP contribution in [0.5, 0.6) is 5.75 Å². The third-order valence-electron chi connectivity index (χ3n) is 5.20. The molecule has 3 aromatic rings. The van der Waals surface area contributed by atoms with E-state index in [4.69, 9.17) is 14.6 Å². The third-order valence-corrected chi connectivity index (χ3v) is 6.19. The zero-order chi connectivity index (χ0) is 24.0. The van der Waals surface area contributed by atoms with E-state index in [2.05, 4.69) is 10.3 Å². The number of carbonyl (C=O) groups is 2. The van der Waals surface area contributed by atoms with E-state index in [1.807, 2.05) is 68.1 Å². The zero-order valence-corrected chi connectivity index (χ0v) is 19.9. The van der Waals surface area contributed by atoms with Gasteiger partial charge in [0.2, 0.25) is 0 Å². The Hall–Kier alpha value is -3.59. The predicted octanol–water partition coefficient (Wildman–Crippen LogP) is 5.03. The number of methoxy groups -OCH3 is 1. The highest BCUT2D eigenvalue weighted by molar-refractivity contribution is 7.15. The van der Waals surface area contributed by atoms with Crippen molar-refractivity contribution in [3.05, 3.63) is 69.7 Å². The Kier molecular flexibility index (Phi) is 7.89. The number of hydrogen-bond donors (Lipinski definition) is 2. The molecule has 0 aliphatic rings. The van der Waals surface area contributed by atoms with Crippen LogP contribution in [0.15, 0.2) is 42.5 Å². The molecule has 9 heteroatoms. The summed E-state index contributed by atoms with van der Waals surface area (Å²) in [5.74, 6) is 0.510. The molecule has 2 N–H and O–H groups in total. The first-order valence-corrected chi connectivity index (χ1v) is 11.2. The lowest BCUT2D eigenvalue weighted by atomic mass is 10.1. The summed E-state index contributed by atoms with van der Waals surface area (Å²) in [6.45, 7) is 6.57. The lowest BCUT2D eigenvalue weighted by Gasteiger charge is -2.25. The van der Waals surface area contributed by atoms with Crippen molar-refractivity contribution in [2.24, 2.45) is 0 Å². The molecule has 1 aromatic heterocycles. The van der Waals surface area contributed by atoms with E-state index >= 15 is 0 Å². The number of hydrogen-bond acceptors (Lipinski definition) is 7. The molecule has 33 heavy (non-hydrogen) atoms. The van der Waals surface area contributed by atoms with E-state index in [0.29, 0.717) is 23.8 Å². The molecular weight excluding hydrogens is 442 g/mol. The molecule has 0 radical (unpaired) electrons. The maximum Gasteiger partial charge on any atom is 0.505 e. The number of aryl methyl sites for hydroxylation is 3. The molecule has 1 amide bonds. The van der Waals surface area contributed by atoms with Crippen LogP contribution in [0.1, 0.15) is 32.1 Å². The number of aromatic nitrogens is 1. The Morgan fingerprint density at radius 2 is 1.85 bits per heavy atom. The molecule has 0 fully saturated rings. The average molecular weight is 470 g/mol. The van der Waals surface area contributed by atoms with Gasteiger partial charge in [0, 0.05) is 22.7 Å². The number of anilines is 2. The summed E-state index contributed by atoms with van der Waals surface area (Å²) in [5, 5.41) is 12.3. The summed E-state index contributed by atoms with van der Waals surface area (Å²) in [6, 6.07) is 13.2. The summed E-state index contributed by atoms with van der Waals surface area (Å²) >= 11 is 1.44. The minimum absolute atomic E-state index is 0.00143. The number of carboxylic acid groups (broad SMARTS) is 1. The fourth-order valence-corrected chi connectivity index (χ4v) is 4.05. The Morgan fingerprint density at radius 1 is 1.12 bits per heavy atom. The molecule has 0 aliphatic heterocycles. The molecular formula is C24H27N3O5S. The summed E-state index contributed by atoms with van der Waals surface area (Å²) in [6.07, 6.45) is -1.32. The quantitative estimate of drug-likeness (QED) is 0.424. The van der Waals surface area contributed by atoms with Gasteiger partial charge in [-0.3, -0.25) is 10.1 Å². The second-order valence-electron chi connectivity index (χ2n) is 7.50. The van der Waals surface area contributed by atoms with Crippen LogP contribution in [-0.4, -0.2) is 42.4 Å². The van der Waals surface area contributed by atoms with Crippen molar-refractivity contribution >= 4 is 34.2 Å². The molecule has 0 bridgehead atoms. The van der Waals surface area contributed by atoms with Crippen molar-refractivity contribution in [3.8, 4) is 5.75 Å². The lowest BCUT2D eigenvalue weighted by Crippen LogP contribution is -2.28. The highest BCUT2D eigenvalue weighted by Gasteiger charge is 2.16. The van der Waals surface area contributed by atoms with Gasteiger partial charge in [-0.2, -0.15) is 0 Å². The van der Waals surface area contributed by atoms with E-state index in [1.54, 1.807) is 7.11 Å². The normalized spacial score (nSPS) is 10.5. The number of carbonyl (C=O) groups excluding carboxylic acids is 1. The average Bonchev–Trinajstić information content (AvgIpc) is 3.10. The van der Waals surface area contributed by atoms with Gasteiger partial charge in [0.25, 0.3) is 5.91 Å². The molecule has 8 nitrogen and oxygen atoms in total. The summed E-state index contributed by atoms with van der Waals surface area (Å²) in [4.78, 5) is 31.2. The summed E-state index contributed by atoms with van der Waals surface area (Å²) in [7, 11) is 1.61. The largest absolute Gasteiger partial charge is 0.505 e. The van der Waals surface area contributed by atoms with Crippen molar-refractivity contribution in [2.75, 3.05) is 30.5 Å². The van der Waals surface area contributed by atoms with Crippen LogP contribution in [0.25, 0.3) is 0 Å². The predicted molar refractivity (Wildman–Crippen MR) is 129 cm³/mol. The van der Waals surface area contributed by atoms with E-state index in [9.17, 15) is 9.59 Å². The van der Waals surface area contributed by atoms with Crippen LogP contribution >= 0.6 is 11.3 Å². The van der Waals surface area contributed by atoms with Gasteiger partial charge < -0.3 is 19.5 Å². The van der Waals surface area contributed by atoms with Gasteiger partial charge in [0.05, 0.1) is 19.3 Å². The minimum Gasteiger partial charge on any atom is -0.497 e. The van der Waals surface area contributed by atoms with Crippen molar-refractivity contribution in [1.82, 2.24) is 4.98 Å². The number of amides is 1. The van der Waals surface area contributed by atoms with Gasteiger partial charge in [-0.1, -0.05) is 18.2 Å². The van der Waals surface area contributed by atoms with E-state index in [0.717, 1.165) is 33.1 Å². The monoisotopic (exact) mass is 469 g/mol. The van der Waals surface area contributed by atoms with Crippen molar-refractivity contribution in [3.63, 3.8) is 0 Å². The maximum absolute atomic E-state index is 13.0. The fraction of sp³-hybridized carbons (Fsp3) is 0.292. The lowest BCUT2D eigenvalue weighted by molar-refractivity contribution is 0.0938. The maximum atomic E-state index is 13.0. The Bertz CT molecular complexity index is 1110. The van der Waals surface area contributed by atoms with E-state index in [-0.39, 0.29) is 12.5 Å². The number of benzene rings is 2. The first-order chi connectivity index (χ1) is 15.8. The number of nitrogens with one attached hydrogen (secondary N) is 1. The number of nitrogens with zero attached hydrogens (tertiary/aromatic N) is 2. The van der Waals surface area contributed by atoms with Crippen LogP contribution in [0.4, 0.5) is 15.6 Å². The number of ether oxygens (including phenoxy) is 2.